The number of aromatic nitrogens is 1. The number of nitrogens with zero attached hydrogens (tertiary/aromatic N) is 1. The fourth-order valence-corrected chi connectivity index (χ4v) is 5.18. The van der Waals surface area contributed by atoms with Gasteiger partial charge in [-0.05, 0) is 57.4 Å². The Morgan fingerprint density at radius 2 is 1.75 bits per heavy atom. The number of pyridine rings is 1. The standard InChI is InChI=1S/C34H42N2O8/c1-4-40-23-31(37)44-33-29(35-20-18-30(33)39-3)22-36-28-17-11-12-25(19-21-41-26-13-7-5-8-14-26)32(24(2)42-34(28)38)43-27-15-9-6-10-16-27/h5-10,13-16,18,20,24-25,28,32,36H,4,11-12,17,19,21-23H2,1-3H3. The summed E-state index contributed by atoms with van der Waals surface area (Å²) in [6.45, 7) is 4.52. The molecule has 10 nitrogen and oxygen atoms in total. The van der Waals surface area contributed by atoms with E-state index >= 15 is 0 Å². The molecule has 0 aliphatic carbocycles. The van der Waals surface area contributed by atoms with Gasteiger partial charge in [-0.15, -0.1) is 0 Å². The minimum Gasteiger partial charge on any atom is -0.494 e. The highest BCUT2D eigenvalue weighted by atomic mass is 16.6. The van der Waals surface area contributed by atoms with Gasteiger partial charge >= 0.3 is 11.9 Å². The van der Waals surface area contributed by atoms with Crippen molar-refractivity contribution in [2.45, 2.75) is 64.3 Å². The van der Waals surface area contributed by atoms with Gasteiger partial charge in [0.1, 0.15) is 42.0 Å². The summed E-state index contributed by atoms with van der Waals surface area (Å²) >= 11 is 0. The highest BCUT2D eigenvalue weighted by Crippen LogP contribution is 2.31. The van der Waals surface area contributed by atoms with Gasteiger partial charge in [-0.1, -0.05) is 42.8 Å². The molecule has 2 aromatic carbocycles. The Hall–Kier alpha value is -4.15. The summed E-state index contributed by atoms with van der Waals surface area (Å²) in [6.07, 6.45) is 3.53. The van der Waals surface area contributed by atoms with Crippen LogP contribution in [0.5, 0.6) is 23.0 Å². The summed E-state index contributed by atoms with van der Waals surface area (Å²) in [7, 11) is 1.48. The second-order valence-corrected chi connectivity index (χ2v) is 10.5. The van der Waals surface area contributed by atoms with E-state index in [9.17, 15) is 9.59 Å². The zero-order valence-electron chi connectivity index (χ0n) is 25.6. The van der Waals surface area contributed by atoms with Crippen LogP contribution >= 0.6 is 0 Å². The highest BCUT2D eigenvalue weighted by molar-refractivity contribution is 5.76. The molecular formula is C34H42N2O8. The van der Waals surface area contributed by atoms with Gasteiger partial charge in [-0.2, -0.15) is 0 Å². The van der Waals surface area contributed by atoms with Crippen LogP contribution in [0.3, 0.4) is 0 Å². The first-order chi connectivity index (χ1) is 21.5. The van der Waals surface area contributed by atoms with Crippen molar-refractivity contribution in [2.24, 2.45) is 5.92 Å². The lowest BCUT2D eigenvalue weighted by Gasteiger charge is -2.31. The first-order valence-corrected chi connectivity index (χ1v) is 15.1. The number of benzene rings is 2. The van der Waals surface area contributed by atoms with Crippen molar-refractivity contribution in [2.75, 3.05) is 26.9 Å². The van der Waals surface area contributed by atoms with Crippen LogP contribution in [0.4, 0.5) is 0 Å². The van der Waals surface area contributed by atoms with Gasteiger partial charge in [0.05, 0.1) is 13.7 Å². The van der Waals surface area contributed by atoms with E-state index in [2.05, 4.69) is 10.3 Å². The molecule has 44 heavy (non-hydrogen) atoms. The summed E-state index contributed by atoms with van der Waals surface area (Å²) in [5.41, 5.74) is 0.427. The number of rotatable bonds is 14. The zero-order chi connectivity index (χ0) is 31.1. The van der Waals surface area contributed by atoms with E-state index in [-0.39, 0.29) is 36.9 Å². The first kappa shape index (κ1) is 32.8. The maximum Gasteiger partial charge on any atom is 0.337 e. The van der Waals surface area contributed by atoms with Gasteiger partial charge < -0.3 is 28.4 Å². The molecule has 4 unspecified atom stereocenters. The second-order valence-electron chi connectivity index (χ2n) is 10.5. The Balaban J connectivity index is 1.46. The molecule has 236 valence electrons. The van der Waals surface area contributed by atoms with Crippen molar-refractivity contribution in [1.82, 2.24) is 10.3 Å². The van der Waals surface area contributed by atoms with Crippen LogP contribution in [0, 0.1) is 5.92 Å². The van der Waals surface area contributed by atoms with E-state index in [1.807, 2.05) is 67.6 Å². The third kappa shape index (κ3) is 9.68. The number of carbonyl (C=O) groups is 2. The van der Waals surface area contributed by atoms with Crippen molar-refractivity contribution in [3.05, 3.63) is 78.6 Å². The van der Waals surface area contributed by atoms with Gasteiger partial charge in [0.2, 0.25) is 0 Å². The van der Waals surface area contributed by atoms with E-state index in [0.717, 1.165) is 30.8 Å². The van der Waals surface area contributed by atoms with Crippen molar-refractivity contribution in [1.29, 1.82) is 0 Å². The molecule has 0 bridgehead atoms. The topological polar surface area (TPSA) is 114 Å². The van der Waals surface area contributed by atoms with Crippen LogP contribution in [0.2, 0.25) is 0 Å². The second kappa shape index (κ2) is 17.2. The zero-order valence-corrected chi connectivity index (χ0v) is 25.6. The molecule has 4 rings (SSSR count). The summed E-state index contributed by atoms with van der Waals surface area (Å²) in [4.78, 5) is 30.1. The Bertz CT molecular complexity index is 1310. The monoisotopic (exact) mass is 606 g/mol. The molecule has 0 spiro atoms. The lowest BCUT2D eigenvalue weighted by Crippen LogP contribution is -2.43. The molecular weight excluding hydrogens is 564 g/mol. The normalized spacial score (nSPS) is 20.4. The Labute approximate surface area is 259 Å². The number of para-hydroxylation sites is 2. The highest BCUT2D eigenvalue weighted by Gasteiger charge is 2.35. The summed E-state index contributed by atoms with van der Waals surface area (Å²) < 4.78 is 34.6. The number of hydrogen-bond acceptors (Lipinski definition) is 10. The molecule has 1 fully saturated rings. The average Bonchev–Trinajstić information content (AvgIpc) is 3.09. The molecule has 1 aromatic heterocycles. The Kier molecular flexibility index (Phi) is 12.8. The average molecular weight is 607 g/mol. The molecule has 3 aromatic rings. The Morgan fingerprint density at radius 1 is 1.02 bits per heavy atom. The molecule has 0 saturated carbocycles. The maximum atomic E-state index is 13.4. The van der Waals surface area contributed by atoms with E-state index < -0.39 is 18.1 Å². The fraction of sp³-hybridized carbons (Fsp3) is 0.441. The van der Waals surface area contributed by atoms with E-state index in [0.29, 0.717) is 31.1 Å². The lowest BCUT2D eigenvalue weighted by molar-refractivity contribution is -0.156. The van der Waals surface area contributed by atoms with Crippen molar-refractivity contribution in [3.8, 4) is 23.0 Å². The third-order valence-electron chi connectivity index (χ3n) is 7.42. The number of nitrogens with one attached hydrogen (secondary N) is 1. The summed E-state index contributed by atoms with van der Waals surface area (Å²) in [5.74, 6) is 1.21. The summed E-state index contributed by atoms with van der Waals surface area (Å²) in [6, 6.07) is 20.3. The van der Waals surface area contributed by atoms with Crippen molar-refractivity contribution >= 4 is 11.9 Å². The van der Waals surface area contributed by atoms with Crippen LogP contribution in [0.1, 0.15) is 45.2 Å². The van der Waals surface area contributed by atoms with Gasteiger partial charge in [0, 0.05) is 31.3 Å². The molecule has 1 aliphatic heterocycles. The van der Waals surface area contributed by atoms with Gasteiger partial charge in [-0.25, -0.2) is 4.79 Å². The third-order valence-corrected chi connectivity index (χ3v) is 7.42. The van der Waals surface area contributed by atoms with Crippen LogP contribution in [0.15, 0.2) is 72.9 Å². The van der Waals surface area contributed by atoms with Gasteiger partial charge in [0.15, 0.2) is 11.5 Å². The predicted molar refractivity (Wildman–Crippen MR) is 164 cm³/mol. The van der Waals surface area contributed by atoms with Crippen LogP contribution in [0.25, 0.3) is 0 Å². The van der Waals surface area contributed by atoms with Crippen LogP contribution in [-0.2, 0) is 25.6 Å². The molecule has 10 heteroatoms. The van der Waals surface area contributed by atoms with Crippen molar-refractivity contribution < 1.29 is 38.0 Å². The maximum absolute atomic E-state index is 13.4. The Morgan fingerprint density at radius 3 is 2.45 bits per heavy atom. The molecule has 4 atom stereocenters. The molecule has 1 N–H and O–H groups in total. The number of cyclic esters (lactones) is 1. The summed E-state index contributed by atoms with van der Waals surface area (Å²) in [5, 5.41) is 3.28. The number of esters is 2. The quantitative estimate of drug-likeness (QED) is 0.248. The molecule has 0 radical (unpaired) electrons. The number of ether oxygens (including phenoxy) is 6. The lowest BCUT2D eigenvalue weighted by atomic mass is 9.89. The molecule has 1 saturated heterocycles. The number of carbonyl (C=O) groups excluding carboxylic acids is 2. The van der Waals surface area contributed by atoms with E-state index in [4.69, 9.17) is 28.4 Å². The van der Waals surface area contributed by atoms with E-state index in [1.54, 1.807) is 19.2 Å². The van der Waals surface area contributed by atoms with Crippen molar-refractivity contribution in [3.63, 3.8) is 0 Å². The fourth-order valence-electron chi connectivity index (χ4n) is 5.18. The van der Waals surface area contributed by atoms with Gasteiger partial charge in [-0.3, -0.25) is 15.1 Å². The van der Waals surface area contributed by atoms with E-state index in [1.165, 1.54) is 7.11 Å². The van der Waals surface area contributed by atoms with Crippen LogP contribution < -0.4 is 24.3 Å². The first-order valence-electron chi connectivity index (χ1n) is 15.1. The predicted octanol–water partition coefficient (Wildman–Crippen LogP) is 5.14. The van der Waals surface area contributed by atoms with Crippen LogP contribution in [-0.4, -0.2) is 62.1 Å². The SMILES string of the molecule is CCOCC(=O)Oc1c(OC)ccnc1CNC1CCCC(CCOc2ccccc2)C(Oc2ccccc2)C(C)OC1=O. The minimum absolute atomic E-state index is 0.0804. The molecule has 1 aliphatic rings. The largest absolute Gasteiger partial charge is 0.494 e. The molecule has 2 heterocycles. The minimum atomic E-state index is -0.603. The molecule has 0 amide bonds. The smallest absolute Gasteiger partial charge is 0.337 e. The number of methoxy groups -OCH3 is 1. The van der Waals surface area contributed by atoms with Gasteiger partial charge in [0.25, 0.3) is 0 Å². The number of hydrogen-bond donors (Lipinski definition) is 1.